The van der Waals surface area contributed by atoms with Crippen LogP contribution in [0.4, 0.5) is 13.6 Å². The van der Waals surface area contributed by atoms with Gasteiger partial charge >= 0.3 is 12.4 Å². The fourth-order valence-electron chi connectivity index (χ4n) is 0. The van der Waals surface area contributed by atoms with Gasteiger partial charge in [-0.1, -0.05) is 0 Å². The van der Waals surface area contributed by atoms with Crippen LogP contribution in [0.15, 0.2) is 0 Å². The molecule has 0 aromatic rings. The maximum absolute atomic E-state index is 9.69. The molecule has 5 heteroatoms. The molecule has 40 valence electrons. The third kappa shape index (κ3) is 35.0. The van der Waals surface area contributed by atoms with E-state index in [1.807, 2.05) is 0 Å². The van der Waals surface area contributed by atoms with Crippen molar-refractivity contribution in [3.8, 4) is 0 Å². The monoisotopic (exact) mass is 110 g/mol. The van der Waals surface area contributed by atoms with Crippen LogP contribution in [0.2, 0.25) is 0 Å². The normalized spacial score (nSPS) is 4.86. The van der Waals surface area contributed by atoms with Crippen LogP contribution in [0.3, 0.4) is 0 Å². The van der Waals surface area contributed by atoms with Crippen molar-refractivity contribution >= 4 is 12.4 Å². The topological polar surface area (TPSA) is 51.2 Å². The van der Waals surface area contributed by atoms with Gasteiger partial charge in [0, 0.05) is 0 Å². The van der Waals surface area contributed by atoms with E-state index >= 15 is 0 Å². The number of carbonyl (C=O) groups is 1. The van der Waals surface area contributed by atoms with Crippen LogP contribution < -0.4 is 0 Å². The average molecular weight is 110 g/mol. The van der Waals surface area contributed by atoms with Crippen molar-refractivity contribution in [1.82, 2.24) is 0 Å². The molecule has 0 rings (SSSR count). The first kappa shape index (κ1) is 9.32. The molecule has 0 bridgehead atoms. The zero-order valence-electron chi connectivity index (χ0n) is 2.98. The molecule has 0 aliphatic rings. The molecule has 0 N–H and O–H groups in total. The number of hydrogen-bond donors (Lipinski definition) is 0. The van der Waals surface area contributed by atoms with Crippen molar-refractivity contribution in [3.63, 3.8) is 0 Å². The highest BCUT2D eigenvalue weighted by Gasteiger charge is 1.78. The van der Waals surface area contributed by atoms with Crippen LogP contribution in [0, 0.1) is 0 Å². The molecule has 0 spiro atoms. The molecule has 0 saturated carbocycles. The maximum Gasteiger partial charge on any atom is 0.483 e. The fraction of sp³-hybridized carbons (Fsp3) is 0. The molecular formula is C2F2O3. The van der Waals surface area contributed by atoms with E-state index in [2.05, 4.69) is 0 Å². The second-order valence-electron chi connectivity index (χ2n) is 0.309. The highest BCUT2D eigenvalue weighted by molar-refractivity contribution is 5.55. The molecule has 0 aliphatic carbocycles. The molecule has 3 nitrogen and oxygen atoms in total. The SMILES string of the molecule is O=C(F)F.O=C=O. The van der Waals surface area contributed by atoms with Crippen LogP contribution in [0.25, 0.3) is 0 Å². The van der Waals surface area contributed by atoms with E-state index in [4.69, 9.17) is 14.4 Å². The van der Waals surface area contributed by atoms with Crippen molar-refractivity contribution in [3.05, 3.63) is 0 Å². The average Bonchev–Trinajstić information content (AvgIpc) is 1.33. The van der Waals surface area contributed by atoms with Gasteiger partial charge in [-0.05, 0) is 0 Å². The first-order valence-electron chi connectivity index (χ1n) is 0.990. The standard InChI is InChI=1S/CF2O.CO2/c2-1(3)4;2-1-3. The van der Waals surface area contributed by atoms with Gasteiger partial charge in [0.25, 0.3) is 0 Å². The Kier molecular flexibility index (Phi) is 11.8. The summed E-state index contributed by atoms with van der Waals surface area (Å²) in [5.41, 5.74) is 0. The third-order valence-electron chi connectivity index (χ3n) is 0. The van der Waals surface area contributed by atoms with E-state index < -0.39 is 6.29 Å². The molecule has 7 heavy (non-hydrogen) atoms. The molecule has 0 unspecified atom stereocenters. The minimum Gasteiger partial charge on any atom is -0.219 e. The lowest BCUT2D eigenvalue weighted by Gasteiger charge is -1.45. The summed E-state index contributed by atoms with van der Waals surface area (Å²) in [5, 5.41) is 0. The van der Waals surface area contributed by atoms with E-state index in [0.717, 1.165) is 0 Å². The minimum absolute atomic E-state index is 0.250. The van der Waals surface area contributed by atoms with Gasteiger partial charge in [0.05, 0.1) is 0 Å². The van der Waals surface area contributed by atoms with Crippen LogP contribution in [-0.2, 0) is 9.59 Å². The number of halogens is 2. The first-order chi connectivity index (χ1) is 3.15. The van der Waals surface area contributed by atoms with Crippen LogP contribution >= 0.6 is 0 Å². The minimum atomic E-state index is -2.83. The summed E-state index contributed by atoms with van der Waals surface area (Å²) in [6, 6.07) is 0. The summed E-state index contributed by atoms with van der Waals surface area (Å²) in [7, 11) is 0. The highest BCUT2D eigenvalue weighted by Crippen LogP contribution is 1.70. The molecule has 0 amide bonds. The first-order valence-corrected chi connectivity index (χ1v) is 0.990. The van der Waals surface area contributed by atoms with Gasteiger partial charge in [-0.25, -0.2) is 4.79 Å². The Hall–Kier alpha value is -1.09. The molecule has 0 fully saturated rings. The fourth-order valence-corrected chi connectivity index (χ4v) is 0. The third-order valence-corrected chi connectivity index (χ3v) is 0. The van der Waals surface area contributed by atoms with E-state index in [1.54, 1.807) is 0 Å². The van der Waals surface area contributed by atoms with E-state index in [1.165, 1.54) is 0 Å². The van der Waals surface area contributed by atoms with E-state index in [-0.39, 0.29) is 6.15 Å². The summed E-state index contributed by atoms with van der Waals surface area (Å²) in [6.07, 6.45) is -2.58. The number of rotatable bonds is 0. The number of hydrogen-bond acceptors (Lipinski definition) is 3. The smallest absolute Gasteiger partial charge is 0.219 e. The van der Waals surface area contributed by atoms with Gasteiger partial charge in [0.15, 0.2) is 0 Å². The zero-order chi connectivity index (χ0) is 6.28. The summed E-state index contributed by atoms with van der Waals surface area (Å²) in [4.78, 5) is 24.4. The molecule has 0 saturated heterocycles. The second kappa shape index (κ2) is 8.86. The van der Waals surface area contributed by atoms with Gasteiger partial charge in [0.2, 0.25) is 0 Å². The van der Waals surface area contributed by atoms with Crippen molar-refractivity contribution in [2.45, 2.75) is 0 Å². The number of carbonyl (C=O) groups excluding carboxylic acids is 3. The van der Waals surface area contributed by atoms with Crippen LogP contribution in [-0.4, -0.2) is 12.4 Å². The van der Waals surface area contributed by atoms with Crippen LogP contribution in [0.1, 0.15) is 0 Å². The predicted molar refractivity (Wildman–Crippen MR) is 12.6 cm³/mol. The van der Waals surface area contributed by atoms with Gasteiger partial charge in [-0.15, -0.1) is 8.78 Å². The zero-order valence-corrected chi connectivity index (χ0v) is 2.98. The quantitative estimate of drug-likeness (QED) is 0.425. The molecular weight excluding hydrogens is 110 g/mol. The lowest BCUT2D eigenvalue weighted by atomic mass is 11.6. The summed E-state index contributed by atoms with van der Waals surface area (Å²) in [6.45, 7) is 0. The van der Waals surface area contributed by atoms with Crippen molar-refractivity contribution in [2.75, 3.05) is 0 Å². The molecule has 0 aromatic carbocycles. The molecule has 0 radical (unpaired) electrons. The Morgan fingerprint density at radius 2 is 1.29 bits per heavy atom. The maximum atomic E-state index is 9.69. The molecule has 0 atom stereocenters. The van der Waals surface area contributed by atoms with Gasteiger partial charge in [-0.2, -0.15) is 9.59 Å². The lowest BCUT2D eigenvalue weighted by molar-refractivity contribution is -0.191. The van der Waals surface area contributed by atoms with Crippen molar-refractivity contribution in [1.29, 1.82) is 0 Å². The molecule has 0 aliphatic heterocycles. The molecule has 0 aromatic heterocycles. The van der Waals surface area contributed by atoms with Crippen LogP contribution in [0.5, 0.6) is 0 Å². The Bertz CT molecular complexity index is 78.9. The predicted octanol–water partition coefficient (Wildman–Crippen LogP) is 0.462. The Labute approximate surface area is 36.9 Å². The van der Waals surface area contributed by atoms with E-state index in [0.29, 0.717) is 0 Å². The Morgan fingerprint density at radius 1 is 1.29 bits per heavy atom. The summed E-state index contributed by atoms with van der Waals surface area (Å²) < 4.78 is 19.4. The Morgan fingerprint density at radius 3 is 1.29 bits per heavy atom. The van der Waals surface area contributed by atoms with Crippen molar-refractivity contribution < 1.29 is 23.2 Å². The largest absolute Gasteiger partial charge is 0.483 e. The van der Waals surface area contributed by atoms with Gasteiger partial charge in [-0.3, -0.25) is 0 Å². The van der Waals surface area contributed by atoms with Gasteiger partial charge in [0.1, 0.15) is 0 Å². The second-order valence-corrected chi connectivity index (χ2v) is 0.309. The van der Waals surface area contributed by atoms with E-state index in [9.17, 15) is 8.78 Å². The summed E-state index contributed by atoms with van der Waals surface area (Å²) in [5.74, 6) is 0. The van der Waals surface area contributed by atoms with Gasteiger partial charge < -0.3 is 0 Å². The summed E-state index contributed by atoms with van der Waals surface area (Å²) >= 11 is 0. The molecule has 0 heterocycles. The highest BCUT2D eigenvalue weighted by atomic mass is 19.3. The lowest BCUT2D eigenvalue weighted by Crippen LogP contribution is -1.54. The Balaban J connectivity index is 0. The van der Waals surface area contributed by atoms with Crippen molar-refractivity contribution in [2.24, 2.45) is 0 Å².